The summed E-state index contributed by atoms with van der Waals surface area (Å²) in [5.41, 5.74) is 0.575. The van der Waals surface area contributed by atoms with E-state index in [0.717, 1.165) is 0 Å². The highest BCUT2D eigenvalue weighted by Crippen LogP contribution is 2.15. The van der Waals surface area contributed by atoms with Crippen molar-refractivity contribution in [1.29, 1.82) is 0 Å². The fraction of sp³-hybridized carbons (Fsp3) is 0.111. The van der Waals surface area contributed by atoms with Crippen LogP contribution in [0.1, 0.15) is 17.5 Å². The van der Waals surface area contributed by atoms with Gasteiger partial charge >= 0.3 is 5.69 Å². The van der Waals surface area contributed by atoms with Crippen molar-refractivity contribution < 1.29 is 5.11 Å². The topological polar surface area (TPSA) is 81.8 Å². The van der Waals surface area contributed by atoms with E-state index < -0.39 is 6.10 Å². The molecule has 0 spiro atoms. The summed E-state index contributed by atoms with van der Waals surface area (Å²) in [4.78, 5) is 19.7. The molecule has 0 amide bonds. The normalized spacial score (nSPS) is 12.6. The molecule has 0 aliphatic heterocycles. The van der Waals surface area contributed by atoms with Crippen molar-refractivity contribution in [2.24, 2.45) is 0 Å². The Kier molecular flexibility index (Phi) is 2.16. The van der Waals surface area contributed by atoms with Crippen molar-refractivity contribution >= 4 is 0 Å². The minimum absolute atomic E-state index is 0.338. The number of aromatic nitrogens is 3. The number of pyridine rings is 1. The van der Waals surface area contributed by atoms with E-state index in [0.29, 0.717) is 11.4 Å². The summed E-state index contributed by atoms with van der Waals surface area (Å²) in [5.74, 6) is 0. The quantitative estimate of drug-likeness (QED) is 0.633. The minimum atomic E-state index is -0.893. The number of aromatic amines is 2. The summed E-state index contributed by atoms with van der Waals surface area (Å²) in [5, 5.41) is 9.75. The molecule has 0 saturated carbocycles. The van der Waals surface area contributed by atoms with Gasteiger partial charge < -0.3 is 15.1 Å². The molecule has 1 atom stereocenters. The number of hydrogen-bond acceptors (Lipinski definition) is 3. The molecular formula is C9H9N3O2. The van der Waals surface area contributed by atoms with Crippen LogP contribution >= 0.6 is 0 Å². The van der Waals surface area contributed by atoms with Crippen LogP contribution in [0.25, 0.3) is 0 Å². The largest absolute Gasteiger partial charge is 0.380 e. The van der Waals surface area contributed by atoms with E-state index in [2.05, 4.69) is 15.0 Å². The van der Waals surface area contributed by atoms with Gasteiger partial charge in [-0.15, -0.1) is 0 Å². The summed E-state index contributed by atoms with van der Waals surface area (Å²) in [7, 11) is 0. The first kappa shape index (κ1) is 8.71. The summed E-state index contributed by atoms with van der Waals surface area (Å²) in [6.07, 6.45) is 2.13. The number of rotatable bonds is 2. The van der Waals surface area contributed by atoms with Crippen molar-refractivity contribution in [1.82, 2.24) is 15.0 Å². The summed E-state index contributed by atoms with van der Waals surface area (Å²) in [6.45, 7) is 0. The van der Waals surface area contributed by atoms with E-state index in [1.54, 1.807) is 24.4 Å². The molecule has 3 N–H and O–H groups in total. The third-order valence-corrected chi connectivity index (χ3v) is 1.88. The lowest BCUT2D eigenvalue weighted by Crippen LogP contribution is -2.06. The molecule has 0 bridgehead atoms. The van der Waals surface area contributed by atoms with Crippen LogP contribution in [-0.2, 0) is 0 Å². The molecule has 5 heteroatoms. The predicted octanol–water partition coefficient (Wildman–Crippen LogP) is 0.180. The van der Waals surface area contributed by atoms with Gasteiger partial charge in [-0.2, -0.15) is 0 Å². The van der Waals surface area contributed by atoms with E-state index >= 15 is 0 Å². The lowest BCUT2D eigenvalue weighted by molar-refractivity contribution is 0.211. The number of nitrogens with one attached hydrogen (secondary N) is 2. The fourth-order valence-electron chi connectivity index (χ4n) is 1.19. The van der Waals surface area contributed by atoms with E-state index in [-0.39, 0.29) is 5.69 Å². The number of nitrogens with zero attached hydrogens (tertiary/aromatic N) is 1. The zero-order valence-electron chi connectivity index (χ0n) is 7.27. The van der Waals surface area contributed by atoms with E-state index in [4.69, 9.17) is 0 Å². The summed E-state index contributed by atoms with van der Waals surface area (Å²) >= 11 is 0. The van der Waals surface area contributed by atoms with Crippen LogP contribution in [-0.4, -0.2) is 20.1 Å². The van der Waals surface area contributed by atoms with Crippen molar-refractivity contribution in [2.45, 2.75) is 6.10 Å². The Morgan fingerprint density at radius 2 is 2.29 bits per heavy atom. The van der Waals surface area contributed by atoms with Crippen LogP contribution in [0, 0.1) is 0 Å². The minimum Gasteiger partial charge on any atom is -0.380 e. The fourth-order valence-corrected chi connectivity index (χ4v) is 1.19. The van der Waals surface area contributed by atoms with Gasteiger partial charge in [0.25, 0.3) is 0 Å². The molecule has 0 aromatic carbocycles. The van der Waals surface area contributed by atoms with Crippen LogP contribution in [0.15, 0.2) is 35.4 Å². The first-order chi connectivity index (χ1) is 6.77. The lowest BCUT2D eigenvalue weighted by atomic mass is 10.2. The van der Waals surface area contributed by atoms with E-state index in [1.165, 1.54) is 6.20 Å². The SMILES string of the molecule is O=c1[nH]cc(C(O)c2ccccn2)[nH]1. The lowest BCUT2D eigenvalue weighted by Gasteiger charge is -2.05. The van der Waals surface area contributed by atoms with E-state index in [9.17, 15) is 9.90 Å². The second-order valence-electron chi connectivity index (χ2n) is 2.86. The Bertz CT molecular complexity index is 460. The van der Waals surface area contributed by atoms with Crippen LogP contribution in [0.5, 0.6) is 0 Å². The zero-order chi connectivity index (χ0) is 9.97. The van der Waals surface area contributed by atoms with Gasteiger partial charge in [0.2, 0.25) is 0 Å². The molecule has 0 aliphatic carbocycles. The van der Waals surface area contributed by atoms with Gasteiger partial charge in [0, 0.05) is 12.4 Å². The Morgan fingerprint density at radius 1 is 1.43 bits per heavy atom. The Hall–Kier alpha value is -1.88. The van der Waals surface area contributed by atoms with Gasteiger partial charge in [-0.25, -0.2) is 4.79 Å². The number of aliphatic hydroxyl groups is 1. The van der Waals surface area contributed by atoms with Gasteiger partial charge in [-0.3, -0.25) is 4.98 Å². The average molecular weight is 191 g/mol. The highest BCUT2D eigenvalue weighted by Gasteiger charge is 2.12. The van der Waals surface area contributed by atoms with Crippen LogP contribution < -0.4 is 5.69 Å². The molecule has 72 valence electrons. The van der Waals surface area contributed by atoms with E-state index in [1.807, 2.05) is 0 Å². The molecule has 2 aromatic heterocycles. The van der Waals surface area contributed by atoms with Gasteiger partial charge in [0.15, 0.2) is 0 Å². The number of H-pyrrole nitrogens is 2. The average Bonchev–Trinajstić information content (AvgIpc) is 2.65. The second kappa shape index (κ2) is 3.47. The van der Waals surface area contributed by atoms with Crippen molar-refractivity contribution in [3.8, 4) is 0 Å². The molecule has 2 rings (SSSR count). The maximum absolute atomic E-state index is 10.8. The Morgan fingerprint density at radius 3 is 2.86 bits per heavy atom. The third kappa shape index (κ3) is 1.57. The monoisotopic (exact) mass is 191 g/mol. The van der Waals surface area contributed by atoms with Crippen molar-refractivity contribution in [3.63, 3.8) is 0 Å². The molecule has 2 aromatic rings. The molecule has 1 unspecified atom stereocenters. The number of imidazole rings is 1. The molecule has 0 radical (unpaired) electrons. The first-order valence-corrected chi connectivity index (χ1v) is 4.14. The molecule has 0 fully saturated rings. The molecule has 14 heavy (non-hydrogen) atoms. The molecule has 0 aliphatic rings. The van der Waals surface area contributed by atoms with Crippen LogP contribution in [0.4, 0.5) is 0 Å². The molecule has 5 nitrogen and oxygen atoms in total. The summed E-state index contributed by atoms with van der Waals surface area (Å²) in [6, 6.07) is 5.22. The van der Waals surface area contributed by atoms with Gasteiger partial charge in [-0.05, 0) is 12.1 Å². The standard InChI is InChI=1S/C9H9N3O2/c13-8(6-3-1-2-4-10-6)7-5-11-9(14)12-7/h1-5,8,13H,(H2,11,12,14). The zero-order valence-corrected chi connectivity index (χ0v) is 7.27. The highest BCUT2D eigenvalue weighted by molar-refractivity contribution is 5.16. The Balaban J connectivity index is 2.33. The highest BCUT2D eigenvalue weighted by atomic mass is 16.3. The maximum Gasteiger partial charge on any atom is 0.323 e. The van der Waals surface area contributed by atoms with Crippen molar-refractivity contribution in [3.05, 3.63) is 52.5 Å². The number of aliphatic hydroxyl groups excluding tert-OH is 1. The number of hydrogen-bond donors (Lipinski definition) is 3. The van der Waals surface area contributed by atoms with Crippen LogP contribution in [0.3, 0.4) is 0 Å². The molecule has 2 heterocycles. The predicted molar refractivity (Wildman–Crippen MR) is 49.7 cm³/mol. The summed E-state index contributed by atoms with van der Waals surface area (Å²) < 4.78 is 0. The van der Waals surface area contributed by atoms with Gasteiger partial charge in [0.05, 0.1) is 11.4 Å². The van der Waals surface area contributed by atoms with Gasteiger partial charge in [0.1, 0.15) is 6.10 Å². The molecular weight excluding hydrogens is 182 g/mol. The maximum atomic E-state index is 10.8. The first-order valence-electron chi connectivity index (χ1n) is 4.14. The van der Waals surface area contributed by atoms with Crippen molar-refractivity contribution in [2.75, 3.05) is 0 Å². The second-order valence-corrected chi connectivity index (χ2v) is 2.86. The van der Waals surface area contributed by atoms with Crippen LogP contribution in [0.2, 0.25) is 0 Å². The Labute approximate surface area is 79.5 Å². The third-order valence-electron chi connectivity index (χ3n) is 1.88. The van der Waals surface area contributed by atoms with Gasteiger partial charge in [-0.1, -0.05) is 6.07 Å². The molecule has 0 saturated heterocycles. The smallest absolute Gasteiger partial charge is 0.323 e.